The largest absolute Gasteiger partial charge is 0.348 e. The molecule has 1 atom stereocenters. The zero-order valence-corrected chi connectivity index (χ0v) is 25.3. The Hall–Kier alpha value is -4.22. The third kappa shape index (κ3) is 8.20. The average Bonchev–Trinajstić information content (AvgIpc) is 3.05. The Morgan fingerprint density at radius 3 is 1.84 bits per heavy atom. The van der Waals surface area contributed by atoms with Crippen molar-refractivity contribution in [3.63, 3.8) is 0 Å². The molecule has 0 radical (unpaired) electrons. The zero-order valence-electron chi connectivity index (χ0n) is 25.3. The first-order valence-electron chi connectivity index (χ1n) is 15.6. The lowest BCUT2D eigenvalue weighted by Crippen LogP contribution is -2.38. The number of benzene rings is 4. The number of carbonyl (C=O) groups excluding carboxylic acids is 2. The second-order valence-corrected chi connectivity index (χ2v) is 11.9. The highest BCUT2D eigenvalue weighted by Gasteiger charge is 2.27. The number of carbonyl (C=O) groups is 2. The van der Waals surface area contributed by atoms with Gasteiger partial charge in [-0.1, -0.05) is 117 Å². The number of anilines is 1. The molecule has 0 spiro atoms. The van der Waals surface area contributed by atoms with Crippen LogP contribution in [-0.2, 0) is 9.59 Å². The van der Waals surface area contributed by atoms with Crippen molar-refractivity contribution in [3.8, 4) is 0 Å². The average molecular weight is 574 g/mol. The molecule has 0 saturated carbocycles. The molecular formula is C38H43N3O2. The summed E-state index contributed by atoms with van der Waals surface area (Å²) in [6.07, 6.45) is 3.00. The predicted octanol–water partition coefficient (Wildman–Crippen LogP) is 7.54. The van der Waals surface area contributed by atoms with E-state index in [2.05, 4.69) is 39.8 Å². The molecule has 0 bridgehead atoms. The van der Waals surface area contributed by atoms with Crippen molar-refractivity contribution in [3.05, 3.63) is 138 Å². The molecular weight excluding hydrogens is 530 g/mol. The monoisotopic (exact) mass is 573 g/mol. The molecule has 5 nitrogen and oxygen atoms in total. The van der Waals surface area contributed by atoms with Gasteiger partial charge in [0.2, 0.25) is 11.8 Å². The van der Waals surface area contributed by atoms with Gasteiger partial charge in [0.1, 0.15) is 0 Å². The van der Waals surface area contributed by atoms with Gasteiger partial charge in [0, 0.05) is 18.2 Å². The van der Waals surface area contributed by atoms with E-state index in [0.29, 0.717) is 5.92 Å². The predicted molar refractivity (Wildman–Crippen MR) is 175 cm³/mol. The summed E-state index contributed by atoms with van der Waals surface area (Å²) in [6.45, 7) is 6.76. The van der Waals surface area contributed by atoms with Crippen LogP contribution in [0.2, 0.25) is 0 Å². The quantitative estimate of drug-likeness (QED) is 0.195. The Balaban J connectivity index is 1.23. The molecule has 1 saturated heterocycles. The lowest BCUT2D eigenvalue weighted by Gasteiger charge is -2.33. The molecule has 5 rings (SSSR count). The molecule has 1 heterocycles. The minimum Gasteiger partial charge on any atom is -0.348 e. The zero-order chi connectivity index (χ0) is 30.0. The van der Waals surface area contributed by atoms with E-state index in [1.165, 1.54) is 5.56 Å². The standard InChI is InChI=1S/C38H43N3O2/c1-28(2)37(42)39-34-20-12-19-33(27-34)29-21-24-41(25-22-29)26-23-35(30-13-6-3-7-14-30)40-38(43)36(31-15-8-4-9-16-31)32-17-10-5-11-18-32/h3-20,27-29,35-36H,21-26H2,1-2H3,(H,39,42)(H,40,43)/t35-/m0/s1. The third-order valence-electron chi connectivity index (χ3n) is 8.52. The highest BCUT2D eigenvalue weighted by atomic mass is 16.2. The van der Waals surface area contributed by atoms with Crippen molar-refractivity contribution in [1.82, 2.24) is 10.2 Å². The summed E-state index contributed by atoms with van der Waals surface area (Å²) in [7, 11) is 0. The van der Waals surface area contributed by atoms with Gasteiger partial charge in [0.25, 0.3) is 0 Å². The van der Waals surface area contributed by atoms with Crippen LogP contribution in [0.4, 0.5) is 5.69 Å². The molecule has 0 unspecified atom stereocenters. The number of hydrogen-bond acceptors (Lipinski definition) is 3. The normalized spacial score (nSPS) is 14.9. The summed E-state index contributed by atoms with van der Waals surface area (Å²) in [4.78, 5) is 28.7. The van der Waals surface area contributed by atoms with E-state index >= 15 is 0 Å². The summed E-state index contributed by atoms with van der Waals surface area (Å²) in [5.41, 5.74) is 5.29. The summed E-state index contributed by atoms with van der Waals surface area (Å²) in [5, 5.41) is 6.47. The number of piperidine rings is 1. The van der Waals surface area contributed by atoms with Gasteiger partial charge < -0.3 is 15.5 Å². The molecule has 2 N–H and O–H groups in total. The first-order chi connectivity index (χ1) is 21.0. The van der Waals surface area contributed by atoms with E-state index in [1.807, 2.05) is 105 Å². The van der Waals surface area contributed by atoms with Crippen LogP contribution >= 0.6 is 0 Å². The minimum atomic E-state index is -0.370. The second-order valence-electron chi connectivity index (χ2n) is 11.9. The summed E-state index contributed by atoms with van der Waals surface area (Å²) >= 11 is 0. The maximum atomic E-state index is 14.0. The minimum absolute atomic E-state index is 0.0226. The molecule has 222 valence electrons. The molecule has 1 aliphatic heterocycles. The van der Waals surface area contributed by atoms with Crippen molar-refractivity contribution in [1.29, 1.82) is 0 Å². The number of likely N-dealkylation sites (tertiary alicyclic amines) is 1. The molecule has 2 amide bonds. The van der Waals surface area contributed by atoms with Crippen LogP contribution in [0, 0.1) is 5.92 Å². The van der Waals surface area contributed by atoms with Crippen molar-refractivity contribution in [2.45, 2.75) is 51.0 Å². The van der Waals surface area contributed by atoms with Gasteiger partial charge in [-0.2, -0.15) is 0 Å². The Kier molecular flexibility index (Phi) is 10.4. The van der Waals surface area contributed by atoms with Crippen LogP contribution < -0.4 is 10.6 Å². The van der Waals surface area contributed by atoms with Crippen LogP contribution in [-0.4, -0.2) is 36.3 Å². The van der Waals surface area contributed by atoms with Crippen LogP contribution in [0.25, 0.3) is 0 Å². The summed E-state index contributed by atoms with van der Waals surface area (Å²) in [5.74, 6) is 0.138. The van der Waals surface area contributed by atoms with Crippen LogP contribution in [0.15, 0.2) is 115 Å². The topological polar surface area (TPSA) is 61.4 Å². The highest BCUT2D eigenvalue weighted by molar-refractivity contribution is 5.92. The van der Waals surface area contributed by atoms with Gasteiger partial charge in [0.15, 0.2) is 0 Å². The lowest BCUT2D eigenvalue weighted by molar-refractivity contribution is -0.122. The number of nitrogens with zero attached hydrogens (tertiary/aromatic N) is 1. The van der Waals surface area contributed by atoms with Crippen molar-refractivity contribution in [2.24, 2.45) is 5.92 Å². The third-order valence-corrected chi connectivity index (χ3v) is 8.52. The number of rotatable bonds is 11. The Morgan fingerprint density at radius 2 is 1.28 bits per heavy atom. The molecule has 0 aliphatic carbocycles. The fourth-order valence-corrected chi connectivity index (χ4v) is 6.01. The van der Waals surface area contributed by atoms with Crippen LogP contribution in [0.5, 0.6) is 0 Å². The molecule has 43 heavy (non-hydrogen) atoms. The molecule has 1 fully saturated rings. The number of amides is 2. The fraction of sp³-hybridized carbons (Fsp3) is 0.316. The molecule has 0 aromatic heterocycles. The van der Waals surface area contributed by atoms with Gasteiger partial charge >= 0.3 is 0 Å². The SMILES string of the molecule is CC(C)C(=O)Nc1cccc(C2CCN(CC[C@H](NC(=O)C(c3ccccc3)c3ccccc3)c3ccccc3)CC2)c1. The van der Waals surface area contributed by atoms with E-state index in [1.54, 1.807) is 0 Å². The Bertz CT molecular complexity index is 1410. The van der Waals surface area contributed by atoms with E-state index in [4.69, 9.17) is 0 Å². The van der Waals surface area contributed by atoms with Crippen molar-refractivity contribution in [2.75, 3.05) is 25.0 Å². The smallest absolute Gasteiger partial charge is 0.232 e. The second kappa shape index (κ2) is 14.8. The van der Waals surface area contributed by atoms with Gasteiger partial charge in [-0.25, -0.2) is 0 Å². The number of hydrogen-bond donors (Lipinski definition) is 2. The van der Waals surface area contributed by atoms with E-state index in [9.17, 15) is 9.59 Å². The van der Waals surface area contributed by atoms with Gasteiger partial charge in [-0.3, -0.25) is 9.59 Å². The summed E-state index contributed by atoms with van der Waals surface area (Å²) < 4.78 is 0. The highest BCUT2D eigenvalue weighted by Crippen LogP contribution is 2.31. The van der Waals surface area contributed by atoms with Crippen molar-refractivity contribution >= 4 is 17.5 Å². The van der Waals surface area contributed by atoms with Gasteiger partial charge in [-0.15, -0.1) is 0 Å². The number of nitrogens with one attached hydrogen (secondary N) is 2. The van der Waals surface area contributed by atoms with Gasteiger partial charge in [0.05, 0.1) is 12.0 Å². The fourth-order valence-electron chi connectivity index (χ4n) is 6.01. The van der Waals surface area contributed by atoms with Crippen LogP contribution in [0.1, 0.15) is 73.2 Å². The first kappa shape index (κ1) is 30.2. The summed E-state index contributed by atoms with van der Waals surface area (Å²) in [6, 6.07) is 38.7. The first-order valence-corrected chi connectivity index (χ1v) is 15.6. The van der Waals surface area contributed by atoms with Gasteiger partial charge in [-0.05, 0) is 72.7 Å². The molecule has 4 aromatic carbocycles. The van der Waals surface area contributed by atoms with E-state index < -0.39 is 0 Å². The molecule has 1 aliphatic rings. The Morgan fingerprint density at radius 1 is 0.721 bits per heavy atom. The maximum absolute atomic E-state index is 14.0. The molecule has 5 heteroatoms. The Labute approximate surface area is 256 Å². The van der Waals surface area contributed by atoms with Crippen molar-refractivity contribution < 1.29 is 9.59 Å². The van der Waals surface area contributed by atoms with E-state index in [0.717, 1.165) is 61.3 Å². The lowest BCUT2D eigenvalue weighted by atomic mass is 9.88. The maximum Gasteiger partial charge on any atom is 0.232 e. The van der Waals surface area contributed by atoms with E-state index in [-0.39, 0.29) is 29.7 Å². The molecule has 4 aromatic rings. The van der Waals surface area contributed by atoms with Crippen LogP contribution in [0.3, 0.4) is 0 Å².